The van der Waals surface area contributed by atoms with Gasteiger partial charge < -0.3 is 14.5 Å². The molecule has 1 aliphatic rings. The first-order valence-electron chi connectivity index (χ1n) is 12.3. The lowest BCUT2D eigenvalue weighted by atomic mass is 10.1. The minimum absolute atomic E-state index is 0.0824. The molecule has 0 aromatic heterocycles. The third kappa shape index (κ3) is 6.74. The number of hydrogen-bond acceptors (Lipinski definition) is 5. The number of sulfonamides is 1. The monoisotopic (exact) mass is 633 g/mol. The van der Waals surface area contributed by atoms with Crippen LogP contribution < -0.4 is 9.46 Å². The Morgan fingerprint density at radius 1 is 0.974 bits per heavy atom. The summed E-state index contributed by atoms with van der Waals surface area (Å²) < 4.78 is 35.1. The van der Waals surface area contributed by atoms with Crippen molar-refractivity contribution in [1.82, 2.24) is 9.80 Å². The number of carbonyl (C=O) groups is 2. The van der Waals surface area contributed by atoms with Crippen LogP contribution in [0.5, 0.6) is 5.75 Å². The zero-order valence-corrected chi connectivity index (χ0v) is 25.0. The number of nitrogens with one attached hydrogen (secondary N) is 1. The number of piperazine rings is 1. The lowest BCUT2D eigenvalue weighted by molar-refractivity contribution is -0.134. The van der Waals surface area contributed by atoms with Crippen LogP contribution >= 0.6 is 27.5 Å². The lowest BCUT2D eigenvalue weighted by Crippen LogP contribution is -2.51. The van der Waals surface area contributed by atoms with E-state index in [4.69, 9.17) is 16.3 Å². The predicted octanol–water partition coefficient (Wildman–Crippen LogP) is 5.19. The Morgan fingerprint density at radius 3 is 2.38 bits per heavy atom. The number of hydrogen-bond donors (Lipinski definition) is 1. The second-order valence-corrected chi connectivity index (χ2v) is 12.3. The smallest absolute Gasteiger partial charge is 0.261 e. The summed E-state index contributed by atoms with van der Waals surface area (Å²) in [6, 6.07) is 15.1. The van der Waals surface area contributed by atoms with Crippen molar-refractivity contribution < 1.29 is 22.7 Å². The second kappa shape index (κ2) is 12.0. The summed E-state index contributed by atoms with van der Waals surface area (Å²) in [5, 5.41) is 0.149. The third-order valence-corrected chi connectivity index (χ3v) is 9.05. The van der Waals surface area contributed by atoms with Crippen molar-refractivity contribution >= 4 is 55.1 Å². The van der Waals surface area contributed by atoms with Gasteiger partial charge in [0.05, 0.1) is 21.2 Å². The molecule has 0 radical (unpaired) electrons. The maximum atomic E-state index is 13.3. The molecule has 1 aliphatic heterocycles. The van der Waals surface area contributed by atoms with Crippen molar-refractivity contribution in [3.05, 3.63) is 86.3 Å². The molecule has 0 unspecified atom stereocenters. The van der Waals surface area contributed by atoms with Gasteiger partial charge in [0.15, 0.2) is 6.61 Å². The molecule has 11 heteroatoms. The van der Waals surface area contributed by atoms with Gasteiger partial charge in [0.25, 0.3) is 21.8 Å². The van der Waals surface area contributed by atoms with Gasteiger partial charge in [-0.15, -0.1) is 0 Å². The van der Waals surface area contributed by atoms with Crippen molar-refractivity contribution in [2.24, 2.45) is 0 Å². The molecule has 3 aromatic rings. The SMILES string of the molecule is Cc1ccc(Br)c(NS(=O)(=O)c2ccc(Cl)c(C(=O)N3CCN(C(=O)COc4cccc(C)c4C)CC3)c2)c1. The number of nitrogens with zero attached hydrogens (tertiary/aromatic N) is 2. The van der Waals surface area contributed by atoms with Crippen LogP contribution in [0.1, 0.15) is 27.0 Å². The zero-order chi connectivity index (χ0) is 28.3. The van der Waals surface area contributed by atoms with Gasteiger partial charge in [-0.3, -0.25) is 14.3 Å². The minimum atomic E-state index is -3.99. The van der Waals surface area contributed by atoms with Crippen LogP contribution in [0.2, 0.25) is 5.02 Å². The number of aryl methyl sites for hydroxylation is 2. The molecule has 206 valence electrons. The number of rotatable bonds is 7. The molecule has 0 saturated carbocycles. The van der Waals surface area contributed by atoms with E-state index >= 15 is 0 Å². The van der Waals surface area contributed by atoms with Gasteiger partial charge in [0, 0.05) is 30.7 Å². The fraction of sp³-hybridized carbons (Fsp3) is 0.286. The Labute approximate surface area is 242 Å². The number of anilines is 1. The van der Waals surface area contributed by atoms with Crippen LogP contribution in [0.4, 0.5) is 5.69 Å². The summed E-state index contributed by atoms with van der Waals surface area (Å²) in [5.74, 6) is 0.112. The largest absolute Gasteiger partial charge is 0.483 e. The van der Waals surface area contributed by atoms with Crippen LogP contribution in [0.15, 0.2) is 64.0 Å². The van der Waals surface area contributed by atoms with Gasteiger partial charge in [-0.1, -0.05) is 29.8 Å². The number of amides is 2. The predicted molar refractivity (Wildman–Crippen MR) is 155 cm³/mol. The molecule has 0 atom stereocenters. The lowest BCUT2D eigenvalue weighted by Gasteiger charge is -2.35. The van der Waals surface area contributed by atoms with Crippen molar-refractivity contribution in [3.8, 4) is 5.75 Å². The fourth-order valence-electron chi connectivity index (χ4n) is 4.20. The van der Waals surface area contributed by atoms with E-state index in [9.17, 15) is 18.0 Å². The number of halogens is 2. The topological polar surface area (TPSA) is 96.0 Å². The molecule has 0 spiro atoms. The maximum absolute atomic E-state index is 13.3. The van der Waals surface area contributed by atoms with Crippen LogP contribution in [0.3, 0.4) is 0 Å². The van der Waals surface area contributed by atoms with Crippen LogP contribution in [0.25, 0.3) is 0 Å². The first-order valence-corrected chi connectivity index (χ1v) is 15.0. The Bertz CT molecular complexity index is 1520. The quantitative estimate of drug-likeness (QED) is 0.386. The standard InChI is InChI=1S/C28H29BrClN3O5S/c1-18-7-9-23(29)25(15-18)31-39(36,37)21-8-10-24(30)22(16-21)28(35)33-13-11-32(12-14-33)27(34)17-38-26-6-4-5-19(2)20(26)3/h4-10,15-16,31H,11-14,17H2,1-3H3. The maximum Gasteiger partial charge on any atom is 0.261 e. The molecule has 39 heavy (non-hydrogen) atoms. The molecule has 1 heterocycles. The Balaban J connectivity index is 1.40. The summed E-state index contributed by atoms with van der Waals surface area (Å²) in [6.07, 6.45) is 0. The van der Waals surface area contributed by atoms with Crippen molar-refractivity contribution in [1.29, 1.82) is 0 Å². The molecular formula is C28H29BrClN3O5S. The highest BCUT2D eigenvalue weighted by molar-refractivity contribution is 9.10. The van der Waals surface area contributed by atoms with Crippen molar-refractivity contribution in [3.63, 3.8) is 0 Å². The van der Waals surface area contributed by atoms with Gasteiger partial charge in [0.2, 0.25) is 0 Å². The number of ether oxygens (including phenoxy) is 1. The summed E-state index contributed by atoms with van der Waals surface area (Å²) in [4.78, 5) is 29.2. The fourth-order valence-corrected chi connectivity index (χ4v) is 5.97. The van der Waals surface area contributed by atoms with E-state index in [1.807, 2.05) is 45.0 Å². The highest BCUT2D eigenvalue weighted by Gasteiger charge is 2.28. The van der Waals surface area contributed by atoms with E-state index in [0.29, 0.717) is 29.0 Å². The second-order valence-electron chi connectivity index (χ2n) is 9.39. The summed E-state index contributed by atoms with van der Waals surface area (Å²) >= 11 is 9.67. The van der Waals surface area contributed by atoms with Crippen LogP contribution in [-0.2, 0) is 14.8 Å². The zero-order valence-electron chi connectivity index (χ0n) is 21.8. The normalized spacial score (nSPS) is 13.8. The van der Waals surface area contributed by atoms with E-state index < -0.39 is 15.9 Å². The van der Waals surface area contributed by atoms with E-state index in [1.54, 1.807) is 21.9 Å². The van der Waals surface area contributed by atoms with E-state index in [-0.39, 0.29) is 41.1 Å². The average molecular weight is 635 g/mol. The van der Waals surface area contributed by atoms with Crippen LogP contribution in [0, 0.1) is 20.8 Å². The highest BCUT2D eigenvalue weighted by atomic mass is 79.9. The summed E-state index contributed by atoms with van der Waals surface area (Å²) in [7, 11) is -3.99. The summed E-state index contributed by atoms with van der Waals surface area (Å²) in [5.41, 5.74) is 3.43. The van der Waals surface area contributed by atoms with Crippen LogP contribution in [-0.4, -0.2) is 62.8 Å². The molecule has 8 nitrogen and oxygen atoms in total. The van der Waals surface area contributed by atoms with Gasteiger partial charge in [-0.25, -0.2) is 8.42 Å². The van der Waals surface area contributed by atoms with Gasteiger partial charge in [-0.05, 0) is 89.8 Å². The average Bonchev–Trinajstić information content (AvgIpc) is 2.91. The molecule has 0 bridgehead atoms. The van der Waals surface area contributed by atoms with Gasteiger partial charge in [-0.2, -0.15) is 0 Å². The Morgan fingerprint density at radius 2 is 1.67 bits per heavy atom. The number of carbonyl (C=O) groups excluding carboxylic acids is 2. The molecular weight excluding hydrogens is 606 g/mol. The van der Waals surface area contributed by atoms with E-state index in [1.165, 1.54) is 18.2 Å². The van der Waals surface area contributed by atoms with E-state index in [0.717, 1.165) is 16.7 Å². The number of benzene rings is 3. The van der Waals surface area contributed by atoms with Crippen molar-refractivity contribution in [2.75, 3.05) is 37.5 Å². The highest BCUT2D eigenvalue weighted by Crippen LogP contribution is 2.28. The molecule has 1 saturated heterocycles. The summed E-state index contributed by atoms with van der Waals surface area (Å²) in [6.45, 7) is 6.94. The van der Waals surface area contributed by atoms with Gasteiger partial charge in [0.1, 0.15) is 5.75 Å². The van der Waals surface area contributed by atoms with E-state index in [2.05, 4.69) is 20.7 Å². The minimum Gasteiger partial charge on any atom is -0.483 e. The Kier molecular flexibility index (Phi) is 8.88. The molecule has 1 N–H and O–H groups in total. The molecule has 4 rings (SSSR count). The Hall–Kier alpha value is -3.08. The van der Waals surface area contributed by atoms with Crippen molar-refractivity contribution in [2.45, 2.75) is 25.7 Å². The molecule has 3 aromatic carbocycles. The van der Waals surface area contributed by atoms with Gasteiger partial charge >= 0.3 is 0 Å². The first kappa shape index (κ1) is 28.9. The third-order valence-electron chi connectivity index (χ3n) is 6.67. The molecule has 0 aliphatic carbocycles. The molecule has 1 fully saturated rings. The first-order chi connectivity index (χ1) is 18.5. The molecule has 2 amide bonds.